The molecule has 1 unspecified atom stereocenters. The molecule has 1 heterocycles. The summed E-state index contributed by atoms with van der Waals surface area (Å²) in [6.07, 6.45) is 0. The van der Waals surface area contributed by atoms with Crippen LogP contribution in [0.3, 0.4) is 0 Å². The molecule has 146 valence electrons. The van der Waals surface area contributed by atoms with Crippen molar-refractivity contribution in [2.75, 3.05) is 28.4 Å². The molecular formula is C16H20N4O6S. The van der Waals surface area contributed by atoms with Gasteiger partial charge in [-0.05, 0) is 19.1 Å². The van der Waals surface area contributed by atoms with E-state index in [0.29, 0.717) is 22.8 Å². The number of ether oxygens (including phenoxy) is 3. The van der Waals surface area contributed by atoms with E-state index >= 15 is 0 Å². The molecule has 1 aromatic heterocycles. The molecule has 0 fully saturated rings. The van der Waals surface area contributed by atoms with Crippen molar-refractivity contribution in [2.45, 2.75) is 17.4 Å². The van der Waals surface area contributed by atoms with Gasteiger partial charge in [-0.2, -0.15) is 0 Å². The minimum absolute atomic E-state index is 0.179. The van der Waals surface area contributed by atoms with E-state index in [1.165, 1.54) is 28.4 Å². The molecule has 0 spiro atoms. The minimum atomic E-state index is -0.615. The molecule has 0 saturated heterocycles. The van der Waals surface area contributed by atoms with Gasteiger partial charge in [0.1, 0.15) is 0 Å². The number of benzene rings is 1. The molecular weight excluding hydrogens is 376 g/mol. The van der Waals surface area contributed by atoms with Crippen LogP contribution in [-0.4, -0.2) is 55.8 Å². The van der Waals surface area contributed by atoms with E-state index in [1.807, 2.05) is 0 Å². The average Bonchev–Trinajstić information content (AvgIpc) is 3.14. The number of hydrogen-bond acceptors (Lipinski definition) is 9. The predicted octanol–water partition coefficient (Wildman–Crippen LogP) is 1.70. The second-order valence-electron chi connectivity index (χ2n) is 5.12. The Kier molecular flexibility index (Phi) is 6.88. The van der Waals surface area contributed by atoms with Gasteiger partial charge in [-0.15, -0.1) is 10.2 Å². The van der Waals surface area contributed by atoms with Gasteiger partial charge in [-0.3, -0.25) is 10.1 Å². The smallest absolute Gasteiger partial charge is 0.321 e. The SMILES string of the molecule is CNC(=O)NC(=O)C(C)Sc1nnc(-c2cc(OC)c(OC)c(OC)c2)o1. The summed E-state index contributed by atoms with van der Waals surface area (Å²) < 4.78 is 21.5. The number of methoxy groups -OCH3 is 3. The zero-order valence-electron chi connectivity index (χ0n) is 15.5. The van der Waals surface area contributed by atoms with Gasteiger partial charge in [0.25, 0.3) is 5.22 Å². The molecule has 0 saturated carbocycles. The highest BCUT2D eigenvalue weighted by Gasteiger charge is 2.21. The van der Waals surface area contributed by atoms with Crippen molar-refractivity contribution in [1.29, 1.82) is 0 Å². The van der Waals surface area contributed by atoms with Gasteiger partial charge in [-0.1, -0.05) is 11.8 Å². The Labute approximate surface area is 159 Å². The molecule has 2 aromatic rings. The van der Waals surface area contributed by atoms with Crippen molar-refractivity contribution in [1.82, 2.24) is 20.8 Å². The van der Waals surface area contributed by atoms with Gasteiger partial charge < -0.3 is 23.9 Å². The Hall–Kier alpha value is -2.95. The first-order valence-electron chi connectivity index (χ1n) is 7.76. The topological polar surface area (TPSA) is 125 Å². The Morgan fingerprint density at radius 3 is 2.26 bits per heavy atom. The highest BCUT2D eigenvalue weighted by atomic mass is 32.2. The first-order chi connectivity index (χ1) is 12.9. The first kappa shape index (κ1) is 20.4. The summed E-state index contributed by atoms with van der Waals surface area (Å²) in [6.45, 7) is 1.62. The Morgan fingerprint density at radius 1 is 1.11 bits per heavy atom. The number of carbonyl (C=O) groups is 2. The quantitative estimate of drug-likeness (QED) is 0.673. The number of amides is 3. The molecule has 0 aliphatic heterocycles. The van der Waals surface area contributed by atoms with Crippen LogP contribution in [0.5, 0.6) is 17.2 Å². The normalized spacial score (nSPS) is 11.4. The fourth-order valence-corrected chi connectivity index (χ4v) is 2.74. The second kappa shape index (κ2) is 9.12. The van der Waals surface area contributed by atoms with Crippen LogP contribution in [0, 0.1) is 0 Å². The van der Waals surface area contributed by atoms with Gasteiger partial charge in [-0.25, -0.2) is 4.79 Å². The van der Waals surface area contributed by atoms with Crippen LogP contribution < -0.4 is 24.8 Å². The summed E-state index contributed by atoms with van der Waals surface area (Å²) in [5.74, 6) is 1.06. The molecule has 3 amide bonds. The summed E-state index contributed by atoms with van der Waals surface area (Å²) in [5.41, 5.74) is 0.561. The lowest BCUT2D eigenvalue weighted by molar-refractivity contribution is -0.119. The van der Waals surface area contributed by atoms with Crippen molar-refractivity contribution < 1.29 is 28.2 Å². The van der Waals surface area contributed by atoms with E-state index in [2.05, 4.69) is 20.8 Å². The molecule has 0 aliphatic rings. The third-order valence-electron chi connectivity index (χ3n) is 3.43. The van der Waals surface area contributed by atoms with Crippen molar-refractivity contribution >= 4 is 23.7 Å². The number of nitrogens with one attached hydrogen (secondary N) is 2. The molecule has 1 atom stereocenters. The summed E-state index contributed by atoms with van der Waals surface area (Å²) in [4.78, 5) is 23.1. The van der Waals surface area contributed by atoms with E-state index in [0.717, 1.165) is 11.8 Å². The molecule has 0 aliphatic carbocycles. The lowest BCUT2D eigenvalue weighted by Crippen LogP contribution is -2.41. The molecule has 2 rings (SSSR count). The van der Waals surface area contributed by atoms with Gasteiger partial charge in [0, 0.05) is 12.6 Å². The van der Waals surface area contributed by atoms with E-state index in [9.17, 15) is 9.59 Å². The lowest BCUT2D eigenvalue weighted by atomic mass is 10.2. The van der Waals surface area contributed by atoms with Crippen LogP contribution in [-0.2, 0) is 4.79 Å². The monoisotopic (exact) mass is 396 g/mol. The van der Waals surface area contributed by atoms with Crippen LogP contribution in [0.2, 0.25) is 0 Å². The first-order valence-corrected chi connectivity index (χ1v) is 8.64. The number of carbonyl (C=O) groups excluding carboxylic acids is 2. The average molecular weight is 396 g/mol. The third-order valence-corrected chi connectivity index (χ3v) is 4.36. The fourth-order valence-electron chi connectivity index (χ4n) is 2.06. The number of imide groups is 1. The number of nitrogens with zero attached hydrogens (tertiary/aromatic N) is 2. The Morgan fingerprint density at radius 2 is 1.74 bits per heavy atom. The van der Waals surface area contributed by atoms with Crippen LogP contribution in [0.1, 0.15) is 6.92 Å². The van der Waals surface area contributed by atoms with Crippen LogP contribution in [0.15, 0.2) is 21.8 Å². The maximum atomic E-state index is 11.9. The summed E-state index contributed by atoms with van der Waals surface area (Å²) >= 11 is 1.03. The van der Waals surface area contributed by atoms with Crippen LogP contribution >= 0.6 is 11.8 Å². The number of urea groups is 1. The van der Waals surface area contributed by atoms with E-state index in [-0.39, 0.29) is 11.1 Å². The highest BCUT2D eigenvalue weighted by Crippen LogP contribution is 2.41. The number of hydrogen-bond donors (Lipinski definition) is 2. The zero-order valence-corrected chi connectivity index (χ0v) is 16.3. The maximum absolute atomic E-state index is 11.9. The zero-order chi connectivity index (χ0) is 20.0. The summed E-state index contributed by atoms with van der Waals surface area (Å²) in [5, 5.41) is 12.0. The molecule has 0 bridgehead atoms. The van der Waals surface area contributed by atoms with E-state index < -0.39 is 17.2 Å². The van der Waals surface area contributed by atoms with Gasteiger partial charge in [0.15, 0.2) is 11.5 Å². The third kappa shape index (κ3) is 4.82. The Bertz CT molecular complexity index is 800. The van der Waals surface area contributed by atoms with Crippen molar-refractivity contribution in [3.63, 3.8) is 0 Å². The van der Waals surface area contributed by atoms with E-state index in [1.54, 1.807) is 19.1 Å². The van der Waals surface area contributed by atoms with Crippen molar-refractivity contribution in [3.8, 4) is 28.7 Å². The molecule has 10 nitrogen and oxygen atoms in total. The second-order valence-corrected chi connectivity index (χ2v) is 6.41. The van der Waals surface area contributed by atoms with Gasteiger partial charge in [0.2, 0.25) is 17.5 Å². The van der Waals surface area contributed by atoms with Gasteiger partial charge in [0.05, 0.1) is 26.6 Å². The fraction of sp³-hybridized carbons (Fsp3) is 0.375. The standard InChI is InChI=1S/C16H20N4O6S/c1-8(13(21)18-15(22)17-2)27-16-20-19-14(26-16)9-6-10(23-3)12(25-5)11(7-9)24-4/h6-8H,1-5H3,(H2,17,18,21,22). The molecule has 0 radical (unpaired) electrons. The lowest BCUT2D eigenvalue weighted by Gasteiger charge is -2.12. The van der Waals surface area contributed by atoms with Crippen molar-refractivity contribution in [3.05, 3.63) is 12.1 Å². The van der Waals surface area contributed by atoms with E-state index in [4.69, 9.17) is 18.6 Å². The Balaban J connectivity index is 2.20. The maximum Gasteiger partial charge on any atom is 0.321 e. The molecule has 1 aromatic carbocycles. The van der Waals surface area contributed by atoms with Crippen molar-refractivity contribution in [2.24, 2.45) is 0 Å². The van der Waals surface area contributed by atoms with Crippen LogP contribution in [0.25, 0.3) is 11.5 Å². The van der Waals surface area contributed by atoms with Crippen LogP contribution in [0.4, 0.5) is 4.79 Å². The molecule has 11 heteroatoms. The summed E-state index contributed by atoms with van der Waals surface area (Å²) in [7, 11) is 5.93. The largest absolute Gasteiger partial charge is 0.493 e. The minimum Gasteiger partial charge on any atom is -0.493 e. The molecule has 27 heavy (non-hydrogen) atoms. The predicted molar refractivity (Wildman–Crippen MR) is 97.3 cm³/mol. The number of rotatable bonds is 7. The molecule has 2 N–H and O–H groups in total. The summed E-state index contributed by atoms with van der Waals surface area (Å²) in [6, 6.07) is 2.76. The van der Waals surface area contributed by atoms with Gasteiger partial charge >= 0.3 is 6.03 Å². The number of thioether (sulfide) groups is 1. The number of aromatic nitrogens is 2. The highest BCUT2D eigenvalue weighted by molar-refractivity contribution is 8.00.